The van der Waals surface area contributed by atoms with Crippen LogP contribution in [0.25, 0.3) is 0 Å². The average molecular weight is 377 g/mol. The number of carbonyl (C=O) groups excluding carboxylic acids is 1. The number of hydrogen-bond acceptors (Lipinski definition) is 5. The van der Waals surface area contributed by atoms with Crippen molar-refractivity contribution in [3.05, 3.63) is 29.8 Å². The summed E-state index contributed by atoms with van der Waals surface area (Å²) in [7, 11) is -7.13. The van der Waals surface area contributed by atoms with Crippen molar-refractivity contribution in [2.75, 3.05) is 25.9 Å². The van der Waals surface area contributed by atoms with Crippen LogP contribution in [0.5, 0.6) is 0 Å². The molecular weight excluding hydrogens is 354 g/mol. The third kappa shape index (κ3) is 6.95. The Hall–Kier alpha value is -1.49. The largest absolute Gasteiger partial charge is 0.355 e. The number of rotatable bonds is 9. The van der Waals surface area contributed by atoms with Gasteiger partial charge in [0.05, 0.1) is 17.7 Å². The molecule has 1 aromatic carbocycles. The van der Waals surface area contributed by atoms with Gasteiger partial charge in [-0.05, 0) is 30.5 Å². The maximum absolute atomic E-state index is 11.8. The molecule has 10 heteroatoms. The van der Waals surface area contributed by atoms with Gasteiger partial charge in [0.15, 0.2) is 0 Å². The topological polar surface area (TPSA) is 127 Å². The second kappa shape index (κ2) is 8.56. The number of primary sulfonamides is 1. The second-order valence-electron chi connectivity index (χ2n) is 5.39. The van der Waals surface area contributed by atoms with Gasteiger partial charge in [-0.25, -0.2) is 22.0 Å². The minimum absolute atomic E-state index is 0.0265. The van der Waals surface area contributed by atoms with E-state index in [4.69, 9.17) is 5.14 Å². The first kappa shape index (κ1) is 20.6. The van der Waals surface area contributed by atoms with E-state index >= 15 is 0 Å². The molecule has 0 aliphatic carbocycles. The maximum Gasteiger partial charge on any atom is 0.238 e. The van der Waals surface area contributed by atoms with E-state index in [1.165, 1.54) is 12.1 Å². The summed E-state index contributed by atoms with van der Waals surface area (Å²) in [6.07, 6.45) is 2.18. The normalized spacial score (nSPS) is 12.3. The van der Waals surface area contributed by atoms with Crippen molar-refractivity contribution in [2.45, 2.75) is 24.7 Å². The molecule has 8 nitrogen and oxygen atoms in total. The highest BCUT2D eigenvalue weighted by Crippen LogP contribution is 2.09. The molecule has 0 radical (unpaired) electrons. The summed E-state index contributed by atoms with van der Waals surface area (Å²) in [5.74, 6) is -0.380. The van der Waals surface area contributed by atoms with E-state index in [0.29, 0.717) is 25.9 Å². The van der Waals surface area contributed by atoms with Gasteiger partial charge < -0.3 is 5.32 Å². The third-order valence-electron chi connectivity index (χ3n) is 3.25. The minimum Gasteiger partial charge on any atom is -0.355 e. The Labute approximate surface area is 143 Å². The maximum atomic E-state index is 11.8. The molecule has 0 saturated heterocycles. The lowest BCUT2D eigenvalue weighted by Gasteiger charge is -2.18. The summed E-state index contributed by atoms with van der Waals surface area (Å²) in [6.45, 7) is 2.23. The zero-order valence-corrected chi connectivity index (χ0v) is 15.4. The molecule has 0 aromatic heterocycles. The van der Waals surface area contributed by atoms with Crippen LogP contribution in [0.3, 0.4) is 0 Å². The van der Waals surface area contributed by atoms with Gasteiger partial charge >= 0.3 is 0 Å². The number of benzene rings is 1. The van der Waals surface area contributed by atoms with Crippen LogP contribution in [-0.2, 0) is 31.3 Å². The van der Waals surface area contributed by atoms with Crippen molar-refractivity contribution in [3.63, 3.8) is 0 Å². The smallest absolute Gasteiger partial charge is 0.238 e. The molecule has 0 atom stereocenters. The van der Waals surface area contributed by atoms with E-state index in [2.05, 4.69) is 5.32 Å². The lowest BCUT2D eigenvalue weighted by Crippen LogP contribution is -2.41. The number of carbonyl (C=O) groups is 1. The molecule has 0 saturated carbocycles. The molecule has 0 aliphatic rings. The summed E-state index contributed by atoms with van der Waals surface area (Å²) < 4.78 is 46.5. The molecule has 3 N–H and O–H groups in total. The zero-order chi connectivity index (χ0) is 18.4. The molecule has 136 valence electrons. The van der Waals surface area contributed by atoms with Gasteiger partial charge in [-0.2, -0.15) is 4.31 Å². The first-order chi connectivity index (χ1) is 11.0. The van der Waals surface area contributed by atoms with Crippen molar-refractivity contribution >= 4 is 26.0 Å². The van der Waals surface area contributed by atoms with Crippen molar-refractivity contribution in [3.8, 4) is 0 Å². The fourth-order valence-corrected chi connectivity index (χ4v) is 3.40. The standard InChI is InChI=1S/C14H23N3O5S2/c1-3-10-17(23(2,19)20)11-14(18)16-9-8-12-4-6-13(7-5-12)24(15,21)22/h4-7H,3,8-11H2,1-2H3,(H,16,18)(H2,15,21,22). The first-order valence-corrected chi connectivity index (χ1v) is 10.8. The van der Waals surface area contributed by atoms with Gasteiger partial charge in [0.1, 0.15) is 0 Å². The molecule has 0 unspecified atom stereocenters. The number of nitrogens with two attached hydrogens (primary N) is 1. The van der Waals surface area contributed by atoms with Crippen LogP contribution in [-0.4, -0.2) is 52.9 Å². The van der Waals surface area contributed by atoms with Gasteiger partial charge in [-0.15, -0.1) is 0 Å². The van der Waals surface area contributed by atoms with Gasteiger partial charge in [0.2, 0.25) is 26.0 Å². The molecule has 0 spiro atoms. The zero-order valence-electron chi connectivity index (χ0n) is 13.7. The summed E-state index contributed by atoms with van der Waals surface area (Å²) in [6, 6.07) is 6.04. The van der Waals surface area contributed by atoms with Crippen molar-refractivity contribution in [1.82, 2.24) is 9.62 Å². The van der Waals surface area contributed by atoms with Crippen LogP contribution in [0.1, 0.15) is 18.9 Å². The first-order valence-electron chi connectivity index (χ1n) is 7.37. The number of amides is 1. The lowest BCUT2D eigenvalue weighted by atomic mass is 10.1. The fraction of sp³-hybridized carbons (Fsp3) is 0.500. The number of hydrogen-bond donors (Lipinski definition) is 2. The Bertz CT molecular complexity index is 758. The molecule has 0 aliphatic heterocycles. The summed E-state index contributed by atoms with van der Waals surface area (Å²) in [5, 5.41) is 7.66. The highest BCUT2D eigenvalue weighted by molar-refractivity contribution is 7.89. The molecule has 0 bridgehead atoms. The second-order valence-corrected chi connectivity index (χ2v) is 8.93. The van der Waals surface area contributed by atoms with Crippen LogP contribution < -0.4 is 10.5 Å². The van der Waals surface area contributed by atoms with Gasteiger partial charge in [0.25, 0.3) is 0 Å². The quantitative estimate of drug-likeness (QED) is 0.609. The highest BCUT2D eigenvalue weighted by atomic mass is 32.2. The predicted molar refractivity (Wildman–Crippen MR) is 91.2 cm³/mol. The molecule has 0 fully saturated rings. The third-order valence-corrected chi connectivity index (χ3v) is 5.43. The van der Waals surface area contributed by atoms with E-state index in [1.54, 1.807) is 12.1 Å². The van der Waals surface area contributed by atoms with Crippen LogP contribution in [0.15, 0.2) is 29.2 Å². The number of sulfonamides is 2. The van der Waals surface area contributed by atoms with Gasteiger partial charge in [-0.1, -0.05) is 19.1 Å². The molecule has 1 aromatic rings. The van der Waals surface area contributed by atoms with Crippen molar-refractivity contribution in [1.29, 1.82) is 0 Å². The minimum atomic E-state index is -3.72. The molecule has 1 rings (SSSR count). The molecule has 24 heavy (non-hydrogen) atoms. The Kier molecular flexibility index (Phi) is 7.33. The van der Waals surface area contributed by atoms with Crippen molar-refractivity contribution in [2.24, 2.45) is 5.14 Å². The van der Waals surface area contributed by atoms with E-state index in [-0.39, 0.29) is 17.3 Å². The van der Waals surface area contributed by atoms with Gasteiger partial charge in [-0.3, -0.25) is 4.79 Å². The van der Waals surface area contributed by atoms with Crippen LogP contribution in [0, 0.1) is 0 Å². The monoisotopic (exact) mass is 377 g/mol. The SMILES string of the molecule is CCCN(CC(=O)NCCc1ccc(S(N)(=O)=O)cc1)S(C)(=O)=O. The Morgan fingerprint density at radius 2 is 1.75 bits per heavy atom. The van der Waals surface area contributed by atoms with E-state index < -0.39 is 20.0 Å². The molecular formula is C14H23N3O5S2. The molecule has 0 heterocycles. The van der Waals surface area contributed by atoms with E-state index in [9.17, 15) is 21.6 Å². The number of nitrogens with one attached hydrogen (secondary N) is 1. The fourth-order valence-electron chi connectivity index (χ4n) is 2.02. The van der Waals surface area contributed by atoms with E-state index in [1.807, 2.05) is 6.92 Å². The van der Waals surface area contributed by atoms with Crippen molar-refractivity contribution < 1.29 is 21.6 Å². The lowest BCUT2D eigenvalue weighted by molar-refractivity contribution is -0.121. The van der Waals surface area contributed by atoms with Crippen LogP contribution >= 0.6 is 0 Å². The average Bonchev–Trinajstić information content (AvgIpc) is 2.45. The number of nitrogens with zero attached hydrogens (tertiary/aromatic N) is 1. The Morgan fingerprint density at radius 3 is 2.21 bits per heavy atom. The van der Waals surface area contributed by atoms with Crippen LogP contribution in [0.2, 0.25) is 0 Å². The summed E-state index contributed by atoms with van der Waals surface area (Å²) in [4.78, 5) is 11.9. The van der Waals surface area contributed by atoms with Crippen LogP contribution in [0.4, 0.5) is 0 Å². The summed E-state index contributed by atoms with van der Waals surface area (Å²) >= 11 is 0. The van der Waals surface area contributed by atoms with Gasteiger partial charge in [0, 0.05) is 13.1 Å². The predicted octanol–water partition coefficient (Wildman–Crippen LogP) is -0.336. The summed E-state index contributed by atoms with van der Waals surface area (Å²) in [5.41, 5.74) is 0.830. The highest BCUT2D eigenvalue weighted by Gasteiger charge is 2.18. The molecule has 1 amide bonds. The van der Waals surface area contributed by atoms with E-state index in [0.717, 1.165) is 16.1 Å². The Morgan fingerprint density at radius 1 is 1.17 bits per heavy atom. The Balaban J connectivity index is 2.51.